The Labute approximate surface area is 139 Å². The quantitative estimate of drug-likeness (QED) is 0.423. The van der Waals surface area contributed by atoms with Gasteiger partial charge >= 0.3 is 0 Å². The minimum absolute atomic E-state index is 0.781. The van der Waals surface area contributed by atoms with Crippen LogP contribution in [0.3, 0.4) is 0 Å². The molecule has 0 aliphatic heterocycles. The van der Waals surface area contributed by atoms with Crippen LogP contribution in [0.2, 0.25) is 5.02 Å². The fourth-order valence-corrected chi connectivity index (χ4v) is 2.93. The highest BCUT2D eigenvalue weighted by Crippen LogP contribution is 2.28. The average molecular weight is 401 g/mol. The highest BCUT2D eigenvalue weighted by Gasteiger charge is 2.04. The Bertz CT molecular complexity index is 569. The van der Waals surface area contributed by atoms with E-state index in [0.29, 0.717) is 0 Å². The minimum Gasteiger partial charge on any atom is -0.457 e. The lowest BCUT2D eigenvalue weighted by molar-refractivity contribution is 0.482. The summed E-state index contributed by atoms with van der Waals surface area (Å²) in [6, 6.07) is 14.2. The van der Waals surface area contributed by atoms with Gasteiger partial charge in [0.2, 0.25) is 0 Å². The normalized spacial score (nSPS) is 10.6. The van der Waals surface area contributed by atoms with Crippen LogP contribution in [0.5, 0.6) is 11.5 Å². The predicted octanol–water partition coefficient (Wildman–Crippen LogP) is 6.06. The van der Waals surface area contributed by atoms with E-state index >= 15 is 0 Å². The van der Waals surface area contributed by atoms with Gasteiger partial charge in [-0.2, -0.15) is 0 Å². The van der Waals surface area contributed by atoms with Crippen molar-refractivity contribution in [2.75, 3.05) is 4.43 Å². The van der Waals surface area contributed by atoms with Gasteiger partial charge in [0.1, 0.15) is 11.5 Å². The van der Waals surface area contributed by atoms with E-state index in [2.05, 4.69) is 41.6 Å². The lowest BCUT2D eigenvalue weighted by atomic mass is 10.1. The highest BCUT2D eigenvalue weighted by molar-refractivity contribution is 14.1. The van der Waals surface area contributed by atoms with Crippen LogP contribution in [0.1, 0.15) is 24.5 Å². The molecule has 0 bridgehead atoms. The summed E-state index contributed by atoms with van der Waals surface area (Å²) in [6.07, 6.45) is 3.21. The zero-order valence-electron chi connectivity index (χ0n) is 11.5. The first-order valence-electron chi connectivity index (χ1n) is 6.84. The van der Waals surface area contributed by atoms with Crippen LogP contribution >= 0.6 is 34.2 Å². The lowest BCUT2D eigenvalue weighted by Crippen LogP contribution is -1.90. The van der Waals surface area contributed by atoms with E-state index < -0.39 is 0 Å². The molecule has 0 heterocycles. The van der Waals surface area contributed by atoms with Crippen molar-refractivity contribution >= 4 is 34.2 Å². The third kappa shape index (κ3) is 4.38. The lowest BCUT2D eigenvalue weighted by Gasteiger charge is -2.09. The van der Waals surface area contributed by atoms with Crippen LogP contribution in [0.15, 0.2) is 42.5 Å². The van der Waals surface area contributed by atoms with Crippen LogP contribution in [-0.4, -0.2) is 4.43 Å². The summed E-state index contributed by atoms with van der Waals surface area (Å²) in [7, 11) is 0. The molecular weight excluding hydrogens is 383 g/mol. The second-order valence-corrected chi connectivity index (χ2v) is 6.18. The molecule has 0 N–H and O–H groups in total. The van der Waals surface area contributed by atoms with Gasteiger partial charge in [-0.05, 0) is 48.2 Å². The molecule has 2 aromatic carbocycles. The maximum Gasteiger partial charge on any atom is 0.128 e. The van der Waals surface area contributed by atoms with Crippen LogP contribution in [0.25, 0.3) is 0 Å². The topological polar surface area (TPSA) is 9.23 Å². The SMILES string of the molecule is CCCc1cccc(Oc2ccc(CCI)c(Cl)c2)c1. The Kier molecular flexibility index (Phi) is 6.17. The maximum atomic E-state index is 6.27. The van der Waals surface area contributed by atoms with E-state index in [1.165, 1.54) is 11.1 Å². The van der Waals surface area contributed by atoms with Crippen molar-refractivity contribution < 1.29 is 4.74 Å². The molecule has 106 valence electrons. The molecular formula is C17H18ClIO. The van der Waals surface area contributed by atoms with E-state index in [1.54, 1.807) is 0 Å². The molecule has 0 spiro atoms. The van der Waals surface area contributed by atoms with Crippen LogP contribution in [-0.2, 0) is 12.8 Å². The Morgan fingerprint density at radius 1 is 1.05 bits per heavy atom. The van der Waals surface area contributed by atoms with Gasteiger partial charge in [0.05, 0.1) is 0 Å². The first kappa shape index (κ1) is 15.6. The maximum absolute atomic E-state index is 6.27. The van der Waals surface area contributed by atoms with E-state index in [4.69, 9.17) is 16.3 Å². The summed E-state index contributed by atoms with van der Waals surface area (Å²) in [6.45, 7) is 2.18. The van der Waals surface area contributed by atoms with Crippen molar-refractivity contribution in [2.24, 2.45) is 0 Å². The molecule has 20 heavy (non-hydrogen) atoms. The summed E-state index contributed by atoms with van der Waals surface area (Å²) in [5.74, 6) is 1.66. The Morgan fingerprint density at radius 2 is 1.85 bits per heavy atom. The molecule has 2 aromatic rings. The molecule has 0 aliphatic rings. The molecule has 0 saturated carbocycles. The van der Waals surface area contributed by atoms with Crippen LogP contribution in [0, 0.1) is 0 Å². The number of aryl methyl sites for hydroxylation is 2. The first-order valence-corrected chi connectivity index (χ1v) is 8.74. The first-order chi connectivity index (χ1) is 9.72. The Morgan fingerprint density at radius 3 is 2.55 bits per heavy atom. The smallest absolute Gasteiger partial charge is 0.128 e. The number of ether oxygens (including phenoxy) is 1. The monoisotopic (exact) mass is 400 g/mol. The van der Waals surface area contributed by atoms with Crippen molar-refractivity contribution in [3.63, 3.8) is 0 Å². The number of alkyl halides is 1. The standard InChI is InChI=1S/C17H18ClIO/c1-2-4-13-5-3-6-15(11-13)20-16-8-7-14(9-10-19)17(18)12-16/h3,5-8,11-12H,2,4,9-10H2,1H3. The number of hydrogen-bond acceptors (Lipinski definition) is 1. The van der Waals surface area contributed by atoms with Crippen molar-refractivity contribution in [1.82, 2.24) is 0 Å². The predicted molar refractivity (Wildman–Crippen MR) is 94.6 cm³/mol. The second kappa shape index (κ2) is 7.89. The molecule has 1 nitrogen and oxygen atoms in total. The molecule has 0 atom stereocenters. The van der Waals surface area contributed by atoms with E-state index in [0.717, 1.165) is 40.2 Å². The molecule has 0 radical (unpaired) electrons. The molecule has 0 amide bonds. The summed E-state index contributed by atoms with van der Waals surface area (Å²) in [4.78, 5) is 0. The van der Waals surface area contributed by atoms with Gasteiger partial charge in [-0.25, -0.2) is 0 Å². The summed E-state index contributed by atoms with van der Waals surface area (Å²) in [5.41, 5.74) is 2.48. The largest absolute Gasteiger partial charge is 0.457 e. The van der Waals surface area contributed by atoms with Crippen LogP contribution < -0.4 is 4.74 Å². The van der Waals surface area contributed by atoms with E-state index in [1.807, 2.05) is 30.3 Å². The van der Waals surface area contributed by atoms with Gasteiger partial charge in [-0.15, -0.1) is 0 Å². The van der Waals surface area contributed by atoms with Gasteiger partial charge in [0.15, 0.2) is 0 Å². The van der Waals surface area contributed by atoms with E-state index in [-0.39, 0.29) is 0 Å². The molecule has 0 aliphatic carbocycles. The van der Waals surface area contributed by atoms with Gasteiger partial charge in [-0.3, -0.25) is 0 Å². The second-order valence-electron chi connectivity index (χ2n) is 4.69. The van der Waals surface area contributed by atoms with E-state index in [9.17, 15) is 0 Å². The van der Waals surface area contributed by atoms with Gasteiger partial charge in [0.25, 0.3) is 0 Å². The zero-order chi connectivity index (χ0) is 14.4. The van der Waals surface area contributed by atoms with Gasteiger partial charge < -0.3 is 4.74 Å². The molecule has 2 rings (SSSR count). The molecule has 3 heteroatoms. The minimum atomic E-state index is 0.781. The molecule has 0 saturated heterocycles. The van der Waals surface area contributed by atoms with Crippen molar-refractivity contribution in [2.45, 2.75) is 26.2 Å². The van der Waals surface area contributed by atoms with Crippen LogP contribution in [0.4, 0.5) is 0 Å². The van der Waals surface area contributed by atoms with Crippen molar-refractivity contribution in [1.29, 1.82) is 0 Å². The van der Waals surface area contributed by atoms with Crippen molar-refractivity contribution in [3.8, 4) is 11.5 Å². The molecule has 0 fully saturated rings. The summed E-state index contributed by atoms with van der Waals surface area (Å²) in [5, 5.41) is 0.781. The molecule has 0 aromatic heterocycles. The van der Waals surface area contributed by atoms with Gasteiger partial charge in [-0.1, -0.05) is 65.7 Å². The number of benzene rings is 2. The highest BCUT2D eigenvalue weighted by atomic mass is 127. The Hall–Kier alpha value is -0.740. The molecule has 0 unspecified atom stereocenters. The number of rotatable bonds is 6. The fourth-order valence-electron chi connectivity index (χ4n) is 2.09. The fraction of sp³-hybridized carbons (Fsp3) is 0.294. The number of hydrogen-bond donors (Lipinski definition) is 0. The summed E-state index contributed by atoms with van der Waals surface area (Å²) < 4.78 is 6.96. The van der Waals surface area contributed by atoms with Crippen molar-refractivity contribution in [3.05, 3.63) is 58.6 Å². The zero-order valence-corrected chi connectivity index (χ0v) is 14.4. The number of halogens is 2. The third-order valence-electron chi connectivity index (χ3n) is 3.06. The average Bonchev–Trinajstić information content (AvgIpc) is 2.43. The Balaban J connectivity index is 2.13. The third-order valence-corrected chi connectivity index (χ3v) is 3.95. The van der Waals surface area contributed by atoms with Gasteiger partial charge in [0, 0.05) is 9.45 Å². The summed E-state index contributed by atoms with van der Waals surface area (Å²) >= 11 is 8.63.